The van der Waals surface area contributed by atoms with Gasteiger partial charge in [0.05, 0.1) is 56.4 Å². The molecule has 14 aromatic rings. The van der Waals surface area contributed by atoms with Crippen molar-refractivity contribution in [3.63, 3.8) is 0 Å². The molecule has 0 bridgehead atoms. The highest BCUT2D eigenvalue weighted by Gasteiger charge is 2.24. The van der Waals surface area contributed by atoms with E-state index in [9.17, 15) is 0 Å². The van der Waals surface area contributed by atoms with Crippen molar-refractivity contribution in [1.29, 1.82) is 0 Å². The molecule has 0 fully saturated rings. The molecule has 0 saturated heterocycles. The highest BCUT2D eigenvalue weighted by Crippen LogP contribution is 2.47. The van der Waals surface area contributed by atoms with E-state index in [4.69, 9.17) is 19.9 Å². The molecule has 9 aromatic carbocycles. The van der Waals surface area contributed by atoms with Gasteiger partial charge in [0.25, 0.3) is 0 Å². The average Bonchev–Trinajstić information content (AvgIpc) is 4.23. The molecule has 356 valence electrons. The second-order valence-corrected chi connectivity index (χ2v) is 19.7. The number of hydrogen-bond acceptors (Lipinski definition) is 4. The third-order valence-corrected chi connectivity index (χ3v) is 15.3. The molecule has 0 unspecified atom stereocenters. The topological polar surface area (TPSA) is 60.9 Å². The molecule has 15 rings (SSSR count). The Labute approximate surface area is 439 Å². The lowest BCUT2D eigenvalue weighted by atomic mass is 9.87. The molecule has 0 radical (unpaired) electrons. The van der Waals surface area contributed by atoms with Gasteiger partial charge in [0.15, 0.2) is 0 Å². The average molecular weight is 971 g/mol. The van der Waals surface area contributed by atoms with Crippen molar-refractivity contribution in [3.8, 4) is 78.9 Å². The van der Waals surface area contributed by atoms with Crippen molar-refractivity contribution in [2.45, 2.75) is 12.8 Å². The van der Waals surface area contributed by atoms with Gasteiger partial charge in [-0.25, -0.2) is 9.97 Å². The number of aromatic nitrogens is 5. The van der Waals surface area contributed by atoms with Gasteiger partial charge < -0.3 is 9.13 Å². The summed E-state index contributed by atoms with van der Waals surface area (Å²) in [6.07, 6.45) is 5.77. The molecule has 6 heteroatoms. The Balaban J connectivity index is 1.09. The standard InChI is InChI=1S/C70H46N6/c1-5-15-45(16-6-1)61-37-38-62(46-17-7-2-8-18-46)75(61)53-31-33-55-57(43-53)65(59-35-29-51-27-25-49-23-13-41-71-67(49)69(51)73-59)56-34-32-54(76-63(47-19-9-3-10-20-47)39-40-64(76)48-21-11-4-12-22-48)44-58(56)66(55)60-36-30-52-28-26-50-24-14-42-72-68(50)70(52)74-60/h1-13,15-23,25-44H,14,24H2. The molecule has 0 spiro atoms. The number of hydrogen-bond donors (Lipinski definition) is 0. The normalized spacial score (nSPS) is 12.3. The Bertz CT molecular complexity index is 4500. The van der Waals surface area contributed by atoms with E-state index in [0.717, 1.165) is 152 Å². The number of nitrogens with zero attached hydrogens (tertiary/aromatic N) is 6. The van der Waals surface area contributed by atoms with Gasteiger partial charge in [-0.15, -0.1) is 0 Å². The van der Waals surface area contributed by atoms with Crippen LogP contribution in [0.3, 0.4) is 0 Å². The van der Waals surface area contributed by atoms with E-state index in [1.807, 2.05) is 18.5 Å². The maximum absolute atomic E-state index is 5.69. The van der Waals surface area contributed by atoms with Crippen LogP contribution >= 0.6 is 0 Å². The van der Waals surface area contributed by atoms with E-state index in [2.05, 4.69) is 246 Å². The summed E-state index contributed by atoms with van der Waals surface area (Å²) in [4.78, 5) is 21.3. The van der Waals surface area contributed by atoms with Crippen LogP contribution in [0.5, 0.6) is 0 Å². The zero-order valence-corrected chi connectivity index (χ0v) is 41.3. The maximum Gasteiger partial charge on any atom is 0.0972 e. The van der Waals surface area contributed by atoms with Crippen molar-refractivity contribution >= 4 is 66.2 Å². The Morgan fingerprint density at radius 3 is 1.28 bits per heavy atom. The van der Waals surface area contributed by atoms with E-state index in [1.165, 1.54) is 5.56 Å². The predicted octanol–water partition coefficient (Wildman–Crippen LogP) is 17.9. The highest BCUT2D eigenvalue weighted by molar-refractivity contribution is 6.22. The second-order valence-electron chi connectivity index (χ2n) is 19.7. The minimum absolute atomic E-state index is 0.863. The summed E-state index contributed by atoms with van der Waals surface area (Å²) < 4.78 is 4.82. The van der Waals surface area contributed by atoms with Crippen molar-refractivity contribution in [2.75, 3.05) is 0 Å². The molecule has 0 saturated carbocycles. The predicted molar refractivity (Wildman–Crippen MR) is 315 cm³/mol. The van der Waals surface area contributed by atoms with E-state index in [-0.39, 0.29) is 0 Å². The van der Waals surface area contributed by atoms with Crippen LogP contribution in [0.2, 0.25) is 0 Å². The Morgan fingerprint density at radius 2 is 0.776 bits per heavy atom. The van der Waals surface area contributed by atoms with Gasteiger partial charge in [-0.05, 0) is 129 Å². The van der Waals surface area contributed by atoms with Crippen molar-refractivity contribution < 1.29 is 0 Å². The Hall–Kier alpha value is -10.0. The van der Waals surface area contributed by atoms with Gasteiger partial charge in [-0.3, -0.25) is 9.98 Å². The van der Waals surface area contributed by atoms with Crippen LogP contribution in [0.4, 0.5) is 5.69 Å². The van der Waals surface area contributed by atoms with Gasteiger partial charge in [-0.2, -0.15) is 0 Å². The molecule has 76 heavy (non-hydrogen) atoms. The number of benzene rings is 9. The summed E-state index contributed by atoms with van der Waals surface area (Å²) in [6, 6.07) is 87.4. The summed E-state index contributed by atoms with van der Waals surface area (Å²) >= 11 is 0. The first-order chi connectivity index (χ1) is 37.7. The fourth-order valence-corrected chi connectivity index (χ4v) is 11.7. The van der Waals surface area contributed by atoms with Gasteiger partial charge in [-0.1, -0.05) is 176 Å². The molecule has 1 aliphatic rings. The number of rotatable bonds is 8. The number of pyridine rings is 3. The van der Waals surface area contributed by atoms with Gasteiger partial charge in [0.2, 0.25) is 0 Å². The summed E-state index contributed by atoms with van der Waals surface area (Å²) in [5.41, 5.74) is 19.7. The largest absolute Gasteiger partial charge is 0.309 e. The first-order valence-corrected chi connectivity index (χ1v) is 26.0. The molecule has 0 aliphatic carbocycles. The minimum atomic E-state index is 0.863. The lowest BCUT2D eigenvalue weighted by molar-refractivity contribution is 1.03. The second kappa shape index (κ2) is 17.9. The van der Waals surface area contributed by atoms with E-state index >= 15 is 0 Å². The molecular weight excluding hydrogens is 925 g/mol. The number of aryl methyl sites for hydroxylation is 1. The van der Waals surface area contributed by atoms with Crippen molar-refractivity contribution in [2.24, 2.45) is 4.99 Å². The Kier molecular flexibility index (Phi) is 10.2. The molecule has 0 atom stereocenters. The van der Waals surface area contributed by atoms with Gasteiger partial charge >= 0.3 is 0 Å². The summed E-state index contributed by atoms with van der Waals surface area (Å²) in [5.74, 6) is 0. The Morgan fingerprint density at radius 1 is 0.342 bits per heavy atom. The molecule has 0 amide bonds. The quantitative estimate of drug-likeness (QED) is 0.113. The molecule has 6 heterocycles. The van der Waals surface area contributed by atoms with Gasteiger partial charge in [0.1, 0.15) is 0 Å². The summed E-state index contributed by atoms with van der Waals surface area (Å²) in [6.45, 7) is 0. The van der Waals surface area contributed by atoms with Crippen LogP contribution in [0.15, 0.2) is 254 Å². The molecule has 0 N–H and O–H groups in total. The maximum atomic E-state index is 5.69. The van der Waals surface area contributed by atoms with Crippen LogP contribution in [-0.2, 0) is 6.42 Å². The molecule has 6 nitrogen and oxygen atoms in total. The van der Waals surface area contributed by atoms with E-state index in [0.29, 0.717) is 0 Å². The fourth-order valence-electron chi connectivity index (χ4n) is 11.7. The summed E-state index contributed by atoms with van der Waals surface area (Å²) in [5, 5.41) is 7.41. The smallest absolute Gasteiger partial charge is 0.0972 e. The zero-order valence-electron chi connectivity index (χ0n) is 41.3. The number of fused-ring (bicyclic) bond motifs is 8. The highest BCUT2D eigenvalue weighted by atomic mass is 15.0. The molecular formula is C70H46N6. The molecule has 1 aliphatic heterocycles. The van der Waals surface area contributed by atoms with E-state index < -0.39 is 0 Å². The van der Waals surface area contributed by atoms with Crippen LogP contribution in [-0.4, -0.2) is 30.3 Å². The van der Waals surface area contributed by atoms with Crippen LogP contribution in [0.25, 0.3) is 133 Å². The van der Waals surface area contributed by atoms with E-state index in [1.54, 1.807) is 0 Å². The SMILES string of the molecule is C1=Nc2c(ccc3ccc(-c4c5cc(-n6c(-c7ccccc7)ccc6-c6ccccc6)ccc5c(-c5ccc6ccc7cccnc7c6n5)c5cc(-n6c(-c7ccccc7)ccc6-c6ccccc6)ccc45)nc23)CC1. The third kappa shape index (κ3) is 7.18. The van der Waals surface area contributed by atoms with Crippen LogP contribution in [0, 0.1) is 0 Å². The molecule has 5 aromatic heterocycles. The van der Waals surface area contributed by atoms with Crippen LogP contribution in [0.1, 0.15) is 12.0 Å². The van der Waals surface area contributed by atoms with Gasteiger partial charge in [0, 0.05) is 51.1 Å². The summed E-state index contributed by atoms with van der Waals surface area (Å²) in [7, 11) is 0. The fraction of sp³-hybridized carbons (Fsp3) is 0.0286. The minimum Gasteiger partial charge on any atom is -0.309 e. The lowest BCUT2D eigenvalue weighted by Crippen LogP contribution is -2.02. The third-order valence-electron chi connectivity index (χ3n) is 15.3. The van der Waals surface area contributed by atoms with Crippen LogP contribution < -0.4 is 0 Å². The number of aliphatic imine (C=N–C) groups is 1. The first kappa shape index (κ1) is 43.5. The van der Waals surface area contributed by atoms with Crippen molar-refractivity contribution in [3.05, 3.63) is 254 Å². The first-order valence-electron chi connectivity index (χ1n) is 26.0. The zero-order chi connectivity index (χ0) is 50.1. The monoisotopic (exact) mass is 970 g/mol. The lowest BCUT2D eigenvalue weighted by Gasteiger charge is -2.22. The van der Waals surface area contributed by atoms with Crippen molar-refractivity contribution in [1.82, 2.24) is 24.1 Å².